The van der Waals surface area contributed by atoms with Gasteiger partial charge in [0.2, 0.25) is 0 Å². The molecule has 0 fully saturated rings. The summed E-state index contributed by atoms with van der Waals surface area (Å²) in [6, 6.07) is 13.0. The number of benzene rings is 1. The summed E-state index contributed by atoms with van der Waals surface area (Å²) < 4.78 is 18.5. The van der Waals surface area contributed by atoms with Gasteiger partial charge in [-0.1, -0.05) is 0 Å². The highest BCUT2D eigenvalue weighted by Crippen LogP contribution is 2.22. The monoisotopic (exact) mass is 296 g/mol. The lowest BCUT2D eigenvalue weighted by atomic mass is 10.2. The van der Waals surface area contributed by atoms with Gasteiger partial charge in [0.25, 0.3) is 5.91 Å². The predicted octanol–water partition coefficient (Wildman–Crippen LogP) is 3.41. The third kappa shape index (κ3) is 3.20. The normalized spacial score (nSPS) is 10.4. The van der Waals surface area contributed by atoms with Crippen molar-refractivity contribution in [2.75, 3.05) is 0 Å². The molecule has 0 bridgehead atoms. The largest absolute Gasteiger partial charge is 0.459 e. The van der Waals surface area contributed by atoms with Gasteiger partial charge in [0.15, 0.2) is 0 Å². The van der Waals surface area contributed by atoms with E-state index in [0.717, 1.165) is 5.56 Å². The Morgan fingerprint density at radius 2 is 1.95 bits per heavy atom. The van der Waals surface area contributed by atoms with Crippen LogP contribution < -0.4 is 5.32 Å². The van der Waals surface area contributed by atoms with Crippen LogP contribution in [0.15, 0.2) is 65.3 Å². The van der Waals surface area contributed by atoms with Gasteiger partial charge in [0, 0.05) is 18.0 Å². The number of carbonyl (C=O) groups is 1. The van der Waals surface area contributed by atoms with Crippen LogP contribution in [0.1, 0.15) is 16.1 Å². The maximum absolute atomic E-state index is 12.9. The van der Waals surface area contributed by atoms with Crippen molar-refractivity contribution in [3.05, 3.63) is 78.1 Å². The molecule has 5 heteroatoms. The van der Waals surface area contributed by atoms with E-state index in [4.69, 9.17) is 4.42 Å². The SMILES string of the molecule is O=C(NCc1ccc(-c2ccc(F)cc2)o1)c1cccnc1. The highest BCUT2D eigenvalue weighted by molar-refractivity contribution is 5.93. The number of halogens is 1. The van der Waals surface area contributed by atoms with Gasteiger partial charge in [0.1, 0.15) is 17.3 Å². The van der Waals surface area contributed by atoms with Crippen molar-refractivity contribution < 1.29 is 13.6 Å². The average molecular weight is 296 g/mol. The maximum Gasteiger partial charge on any atom is 0.253 e. The quantitative estimate of drug-likeness (QED) is 0.802. The molecule has 2 heterocycles. The van der Waals surface area contributed by atoms with Gasteiger partial charge in [-0.25, -0.2) is 4.39 Å². The van der Waals surface area contributed by atoms with E-state index in [1.807, 2.05) is 0 Å². The molecule has 3 rings (SSSR count). The summed E-state index contributed by atoms with van der Waals surface area (Å²) in [4.78, 5) is 15.8. The van der Waals surface area contributed by atoms with E-state index < -0.39 is 0 Å². The zero-order valence-corrected chi connectivity index (χ0v) is 11.6. The fourth-order valence-corrected chi connectivity index (χ4v) is 2.01. The molecule has 110 valence electrons. The van der Waals surface area contributed by atoms with Crippen molar-refractivity contribution in [2.24, 2.45) is 0 Å². The molecule has 0 saturated carbocycles. The zero-order valence-electron chi connectivity index (χ0n) is 11.6. The van der Waals surface area contributed by atoms with Crippen LogP contribution in [0, 0.1) is 5.82 Å². The van der Waals surface area contributed by atoms with Crippen molar-refractivity contribution in [2.45, 2.75) is 6.54 Å². The molecule has 1 aromatic carbocycles. The van der Waals surface area contributed by atoms with Crippen molar-refractivity contribution in [3.63, 3.8) is 0 Å². The van der Waals surface area contributed by atoms with E-state index in [1.54, 1.807) is 42.6 Å². The standard InChI is InChI=1S/C17H13FN2O2/c18-14-5-3-12(4-6-14)16-8-7-15(22-16)11-20-17(21)13-2-1-9-19-10-13/h1-10H,11H2,(H,20,21). The first kappa shape index (κ1) is 14.0. The number of aromatic nitrogens is 1. The molecule has 0 aliphatic rings. The number of nitrogens with zero attached hydrogens (tertiary/aromatic N) is 1. The first-order valence-corrected chi connectivity index (χ1v) is 6.75. The van der Waals surface area contributed by atoms with E-state index in [2.05, 4.69) is 10.3 Å². The summed E-state index contributed by atoms with van der Waals surface area (Å²) in [7, 11) is 0. The number of hydrogen-bond donors (Lipinski definition) is 1. The third-order valence-electron chi connectivity index (χ3n) is 3.14. The molecular weight excluding hydrogens is 283 g/mol. The van der Waals surface area contributed by atoms with E-state index >= 15 is 0 Å². The third-order valence-corrected chi connectivity index (χ3v) is 3.14. The second kappa shape index (κ2) is 6.22. The molecule has 0 aliphatic carbocycles. The molecule has 22 heavy (non-hydrogen) atoms. The topological polar surface area (TPSA) is 55.1 Å². The summed E-state index contributed by atoms with van der Waals surface area (Å²) in [5.74, 6) is 0.745. The molecule has 0 atom stereocenters. The molecule has 1 amide bonds. The lowest BCUT2D eigenvalue weighted by Gasteiger charge is -2.02. The molecule has 0 saturated heterocycles. The van der Waals surface area contributed by atoms with E-state index in [1.165, 1.54) is 18.3 Å². The number of rotatable bonds is 4. The van der Waals surface area contributed by atoms with Gasteiger partial charge in [-0.05, 0) is 48.5 Å². The van der Waals surface area contributed by atoms with Crippen LogP contribution in [0.5, 0.6) is 0 Å². The minimum absolute atomic E-state index is 0.215. The minimum atomic E-state index is -0.292. The van der Waals surface area contributed by atoms with Gasteiger partial charge in [-0.2, -0.15) is 0 Å². The van der Waals surface area contributed by atoms with Crippen molar-refractivity contribution >= 4 is 5.91 Å². The maximum atomic E-state index is 12.9. The Balaban J connectivity index is 1.65. The van der Waals surface area contributed by atoms with Crippen molar-refractivity contribution in [1.82, 2.24) is 10.3 Å². The van der Waals surface area contributed by atoms with Crippen molar-refractivity contribution in [3.8, 4) is 11.3 Å². The molecule has 0 spiro atoms. The Kier molecular flexibility index (Phi) is 3.96. The molecule has 0 unspecified atom stereocenters. The number of pyridine rings is 1. The number of hydrogen-bond acceptors (Lipinski definition) is 3. The smallest absolute Gasteiger partial charge is 0.253 e. The molecular formula is C17H13FN2O2. The summed E-state index contributed by atoms with van der Waals surface area (Å²) in [5, 5.41) is 2.76. The predicted molar refractivity (Wildman–Crippen MR) is 79.5 cm³/mol. The summed E-state index contributed by atoms with van der Waals surface area (Å²) in [5.41, 5.74) is 1.28. The van der Waals surface area contributed by atoms with Gasteiger partial charge in [-0.3, -0.25) is 9.78 Å². The molecule has 2 aromatic heterocycles. The van der Waals surface area contributed by atoms with Crippen LogP contribution >= 0.6 is 0 Å². The van der Waals surface area contributed by atoms with Crippen LogP contribution in [0.25, 0.3) is 11.3 Å². The van der Waals surface area contributed by atoms with Crippen molar-refractivity contribution in [1.29, 1.82) is 0 Å². The highest BCUT2D eigenvalue weighted by Gasteiger charge is 2.08. The minimum Gasteiger partial charge on any atom is -0.459 e. The van der Waals surface area contributed by atoms with Crippen LogP contribution in [0.4, 0.5) is 4.39 Å². The average Bonchev–Trinajstić information content (AvgIpc) is 3.03. The Labute approximate surface area is 126 Å². The molecule has 4 nitrogen and oxygen atoms in total. The van der Waals surface area contributed by atoms with Gasteiger partial charge in [0.05, 0.1) is 12.1 Å². The van der Waals surface area contributed by atoms with Crippen LogP contribution in [0.2, 0.25) is 0 Å². The highest BCUT2D eigenvalue weighted by atomic mass is 19.1. The first-order valence-electron chi connectivity index (χ1n) is 6.75. The molecule has 3 aromatic rings. The number of furan rings is 1. The molecule has 1 N–H and O–H groups in total. The van der Waals surface area contributed by atoms with Gasteiger partial charge in [-0.15, -0.1) is 0 Å². The molecule has 0 radical (unpaired) electrons. The number of amides is 1. The summed E-state index contributed by atoms with van der Waals surface area (Å²) in [6.07, 6.45) is 3.11. The Hall–Kier alpha value is -2.95. The lowest BCUT2D eigenvalue weighted by Crippen LogP contribution is -2.22. The summed E-state index contributed by atoms with van der Waals surface area (Å²) in [6.45, 7) is 0.273. The zero-order chi connectivity index (χ0) is 15.4. The second-order valence-corrected chi connectivity index (χ2v) is 4.70. The number of nitrogens with one attached hydrogen (secondary N) is 1. The van der Waals surface area contributed by atoms with Crippen LogP contribution in [0.3, 0.4) is 0 Å². The van der Waals surface area contributed by atoms with E-state index in [0.29, 0.717) is 17.1 Å². The Morgan fingerprint density at radius 3 is 2.68 bits per heavy atom. The van der Waals surface area contributed by atoms with Gasteiger partial charge < -0.3 is 9.73 Å². The Bertz CT molecular complexity index is 767. The van der Waals surface area contributed by atoms with E-state index in [-0.39, 0.29) is 18.3 Å². The van der Waals surface area contributed by atoms with Gasteiger partial charge >= 0.3 is 0 Å². The number of carbonyl (C=O) groups excluding carboxylic acids is 1. The van der Waals surface area contributed by atoms with Crippen LogP contribution in [-0.2, 0) is 6.54 Å². The fraction of sp³-hybridized carbons (Fsp3) is 0.0588. The first-order chi connectivity index (χ1) is 10.7. The summed E-state index contributed by atoms with van der Waals surface area (Å²) >= 11 is 0. The second-order valence-electron chi connectivity index (χ2n) is 4.70. The Morgan fingerprint density at radius 1 is 1.14 bits per heavy atom. The lowest BCUT2D eigenvalue weighted by molar-refractivity contribution is 0.0947. The van der Waals surface area contributed by atoms with Crippen LogP contribution in [-0.4, -0.2) is 10.9 Å². The van der Waals surface area contributed by atoms with E-state index in [9.17, 15) is 9.18 Å². The molecule has 0 aliphatic heterocycles. The fourth-order valence-electron chi connectivity index (χ4n) is 2.01.